The van der Waals surface area contributed by atoms with Gasteiger partial charge in [0.25, 0.3) is 5.91 Å². The van der Waals surface area contributed by atoms with Gasteiger partial charge in [0, 0.05) is 25.3 Å². The predicted molar refractivity (Wildman–Crippen MR) is 86.3 cm³/mol. The molecule has 0 saturated heterocycles. The molecule has 1 heterocycles. The maximum Gasteiger partial charge on any atom is 0.326 e. The standard InChI is InChI=1S/C16H23N3O3/c1-5-19-13-8-7-11(9-12(13)18-15(19)21)14(20)17-10-16(3,4)22-6-2/h7-9H,5-6,10H2,1-4H3,(H,17,20)(H,18,21). The SMILES string of the molecule is CCOC(C)(C)CNC(=O)c1ccc2c(c1)[nH]c(=O)n2CC. The Kier molecular flexibility index (Phi) is 4.71. The van der Waals surface area contributed by atoms with Crippen LogP contribution in [0.25, 0.3) is 11.0 Å². The van der Waals surface area contributed by atoms with Gasteiger partial charge in [0.2, 0.25) is 0 Å². The third-order valence-electron chi connectivity index (χ3n) is 3.56. The minimum atomic E-state index is -0.408. The molecule has 0 spiro atoms. The van der Waals surface area contributed by atoms with Crippen LogP contribution in [-0.4, -0.2) is 34.2 Å². The molecule has 1 amide bonds. The normalized spacial score (nSPS) is 11.8. The first-order chi connectivity index (χ1) is 10.4. The van der Waals surface area contributed by atoms with Crippen molar-refractivity contribution in [1.82, 2.24) is 14.9 Å². The van der Waals surface area contributed by atoms with Crippen LogP contribution in [0.3, 0.4) is 0 Å². The lowest BCUT2D eigenvalue weighted by atomic mass is 10.1. The van der Waals surface area contributed by atoms with Crippen LogP contribution in [0.1, 0.15) is 38.1 Å². The number of carbonyl (C=O) groups is 1. The van der Waals surface area contributed by atoms with E-state index in [0.29, 0.717) is 30.8 Å². The third-order valence-corrected chi connectivity index (χ3v) is 3.56. The Morgan fingerprint density at radius 2 is 2.09 bits per heavy atom. The summed E-state index contributed by atoms with van der Waals surface area (Å²) < 4.78 is 7.19. The largest absolute Gasteiger partial charge is 0.374 e. The summed E-state index contributed by atoms with van der Waals surface area (Å²) in [4.78, 5) is 26.8. The first-order valence-electron chi connectivity index (χ1n) is 7.52. The number of hydrogen-bond acceptors (Lipinski definition) is 3. The van der Waals surface area contributed by atoms with Crippen molar-refractivity contribution < 1.29 is 9.53 Å². The minimum Gasteiger partial charge on any atom is -0.374 e. The van der Waals surface area contributed by atoms with Gasteiger partial charge in [-0.25, -0.2) is 4.79 Å². The van der Waals surface area contributed by atoms with Gasteiger partial charge >= 0.3 is 5.69 Å². The summed E-state index contributed by atoms with van der Waals surface area (Å²) in [6.07, 6.45) is 0. The Morgan fingerprint density at radius 1 is 1.36 bits per heavy atom. The highest BCUT2D eigenvalue weighted by Gasteiger charge is 2.19. The fourth-order valence-corrected chi connectivity index (χ4v) is 2.46. The van der Waals surface area contributed by atoms with Crippen LogP contribution in [0.4, 0.5) is 0 Å². The molecule has 0 atom stereocenters. The number of imidazole rings is 1. The van der Waals surface area contributed by atoms with E-state index >= 15 is 0 Å². The summed E-state index contributed by atoms with van der Waals surface area (Å²) in [5.41, 5.74) is 1.42. The number of fused-ring (bicyclic) bond motifs is 1. The van der Waals surface area contributed by atoms with Crippen LogP contribution < -0.4 is 11.0 Å². The zero-order valence-electron chi connectivity index (χ0n) is 13.5. The van der Waals surface area contributed by atoms with Crippen molar-refractivity contribution in [3.05, 3.63) is 34.2 Å². The summed E-state index contributed by atoms with van der Waals surface area (Å²) in [5.74, 6) is -0.181. The number of aryl methyl sites for hydroxylation is 1. The molecule has 120 valence electrons. The third kappa shape index (κ3) is 3.39. The summed E-state index contributed by atoms with van der Waals surface area (Å²) >= 11 is 0. The first-order valence-corrected chi connectivity index (χ1v) is 7.52. The van der Waals surface area contributed by atoms with Crippen molar-refractivity contribution in [3.8, 4) is 0 Å². The van der Waals surface area contributed by atoms with Crippen molar-refractivity contribution >= 4 is 16.9 Å². The molecule has 6 nitrogen and oxygen atoms in total. The number of nitrogens with zero attached hydrogens (tertiary/aromatic N) is 1. The van der Waals surface area contributed by atoms with Gasteiger partial charge in [0.1, 0.15) is 0 Å². The molecule has 0 fully saturated rings. The number of H-pyrrole nitrogens is 1. The Hall–Kier alpha value is -2.08. The molecular weight excluding hydrogens is 282 g/mol. The highest BCUT2D eigenvalue weighted by Crippen LogP contribution is 2.13. The molecule has 0 aliphatic heterocycles. The fourth-order valence-electron chi connectivity index (χ4n) is 2.46. The Labute approximate surface area is 129 Å². The zero-order valence-corrected chi connectivity index (χ0v) is 13.5. The summed E-state index contributed by atoms with van der Waals surface area (Å²) in [5, 5.41) is 2.86. The lowest BCUT2D eigenvalue weighted by Gasteiger charge is -2.24. The predicted octanol–water partition coefficient (Wildman–Crippen LogP) is 1.89. The number of amides is 1. The molecule has 1 aromatic heterocycles. The van der Waals surface area contributed by atoms with Gasteiger partial charge in [-0.05, 0) is 45.9 Å². The molecule has 2 N–H and O–H groups in total. The highest BCUT2D eigenvalue weighted by atomic mass is 16.5. The van der Waals surface area contributed by atoms with Crippen LogP contribution >= 0.6 is 0 Å². The number of hydrogen-bond donors (Lipinski definition) is 2. The van der Waals surface area contributed by atoms with Crippen molar-refractivity contribution in [2.24, 2.45) is 0 Å². The topological polar surface area (TPSA) is 76.1 Å². The Morgan fingerprint density at radius 3 is 2.73 bits per heavy atom. The molecule has 0 aliphatic rings. The molecule has 1 aromatic carbocycles. The smallest absolute Gasteiger partial charge is 0.326 e. The molecule has 6 heteroatoms. The van der Waals surface area contributed by atoms with Crippen LogP contribution in [0.5, 0.6) is 0 Å². The van der Waals surface area contributed by atoms with Gasteiger partial charge in [0.15, 0.2) is 0 Å². The molecule has 0 saturated carbocycles. The van der Waals surface area contributed by atoms with Crippen molar-refractivity contribution in [3.63, 3.8) is 0 Å². The van der Waals surface area contributed by atoms with E-state index in [1.165, 1.54) is 0 Å². The average molecular weight is 305 g/mol. The van der Waals surface area contributed by atoms with E-state index in [9.17, 15) is 9.59 Å². The van der Waals surface area contributed by atoms with E-state index < -0.39 is 5.60 Å². The minimum absolute atomic E-state index is 0.160. The van der Waals surface area contributed by atoms with E-state index in [0.717, 1.165) is 5.52 Å². The van der Waals surface area contributed by atoms with Crippen LogP contribution in [0, 0.1) is 0 Å². The number of aromatic amines is 1. The van der Waals surface area contributed by atoms with Gasteiger partial charge in [-0.15, -0.1) is 0 Å². The van der Waals surface area contributed by atoms with E-state index in [4.69, 9.17) is 4.74 Å². The van der Waals surface area contributed by atoms with E-state index in [1.54, 1.807) is 22.8 Å². The maximum atomic E-state index is 12.2. The molecule has 0 radical (unpaired) electrons. The van der Waals surface area contributed by atoms with Crippen LogP contribution in [0.15, 0.2) is 23.0 Å². The lowest BCUT2D eigenvalue weighted by molar-refractivity contribution is -0.00815. The van der Waals surface area contributed by atoms with Crippen molar-refractivity contribution in [2.45, 2.75) is 39.8 Å². The van der Waals surface area contributed by atoms with Crippen LogP contribution in [0.2, 0.25) is 0 Å². The van der Waals surface area contributed by atoms with Gasteiger partial charge in [-0.2, -0.15) is 0 Å². The van der Waals surface area contributed by atoms with Gasteiger partial charge in [-0.3, -0.25) is 9.36 Å². The van der Waals surface area contributed by atoms with Gasteiger partial charge in [0.05, 0.1) is 16.6 Å². The number of aromatic nitrogens is 2. The molecule has 22 heavy (non-hydrogen) atoms. The van der Waals surface area contributed by atoms with Crippen LogP contribution in [-0.2, 0) is 11.3 Å². The quantitative estimate of drug-likeness (QED) is 0.855. The van der Waals surface area contributed by atoms with Crippen molar-refractivity contribution in [2.75, 3.05) is 13.2 Å². The number of nitrogens with one attached hydrogen (secondary N) is 2. The molecule has 0 unspecified atom stereocenters. The van der Waals surface area contributed by atoms with E-state index in [2.05, 4.69) is 10.3 Å². The number of rotatable bonds is 6. The molecular formula is C16H23N3O3. The fraction of sp³-hybridized carbons (Fsp3) is 0.500. The molecule has 0 aliphatic carbocycles. The number of carbonyl (C=O) groups excluding carboxylic acids is 1. The second-order valence-electron chi connectivity index (χ2n) is 5.78. The Balaban J connectivity index is 2.17. The van der Waals surface area contributed by atoms with E-state index in [1.807, 2.05) is 27.7 Å². The summed E-state index contributed by atoms with van der Waals surface area (Å²) in [6.45, 7) is 9.30. The average Bonchev–Trinajstić information content (AvgIpc) is 2.78. The van der Waals surface area contributed by atoms with Crippen molar-refractivity contribution in [1.29, 1.82) is 0 Å². The highest BCUT2D eigenvalue weighted by molar-refractivity contribution is 5.97. The second-order valence-corrected chi connectivity index (χ2v) is 5.78. The Bertz CT molecular complexity index is 728. The van der Waals surface area contributed by atoms with Gasteiger partial charge in [-0.1, -0.05) is 0 Å². The number of ether oxygens (including phenoxy) is 1. The molecule has 0 bridgehead atoms. The second kappa shape index (κ2) is 6.36. The van der Waals surface area contributed by atoms with Gasteiger partial charge < -0.3 is 15.0 Å². The zero-order chi connectivity index (χ0) is 16.3. The van der Waals surface area contributed by atoms with E-state index in [-0.39, 0.29) is 11.6 Å². The summed E-state index contributed by atoms with van der Waals surface area (Å²) in [7, 11) is 0. The monoisotopic (exact) mass is 305 g/mol. The molecule has 2 rings (SSSR count). The first kappa shape index (κ1) is 16.3. The number of benzene rings is 1. The summed E-state index contributed by atoms with van der Waals surface area (Å²) in [6, 6.07) is 5.22. The lowest BCUT2D eigenvalue weighted by Crippen LogP contribution is -2.40. The molecule has 2 aromatic rings. The maximum absolute atomic E-state index is 12.2.